The van der Waals surface area contributed by atoms with Gasteiger partial charge in [-0.1, -0.05) is 6.92 Å². The van der Waals surface area contributed by atoms with Gasteiger partial charge in [-0.05, 0) is 25.3 Å². The Kier molecular flexibility index (Phi) is 2.66. The van der Waals surface area contributed by atoms with Gasteiger partial charge in [-0.3, -0.25) is 0 Å². The summed E-state index contributed by atoms with van der Waals surface area (Å²) in [6.07, 6.45) is 5.10. The van der Waals surface area contributed by atoms with Crippen LogP contribution in [0.15, 0.2) is 18.3 Å². The molecule has 0 radical (unpaired) electrons. The highest BCUT2D eigenvalue weighted by Gasteiger charge is 2.23. The van der Waals surface area contributed by atoms with Gasteiger partial charge in [0.15, 0.2) is 0 Å². The van der Waals surface area contributed by atoms with Crippen molar-refractivity contribution in [1.29, 1.82) is 0 Å². The van der Waals surface area contributed by atoms with E-state index in [1.54, 1.807) is 0 Å². The maximum atomic E-state index is 12.9. The third-order valence-electron chi connectivity index (χ3n) is 2.89. The molecule has 1 saturated heterocycles. The van der Waals surface area contributed by atoms with E-state index in [4.69, 9.17) is 0 Å². The third-order valence-corrected chi connectivity index (χ3v) is 2.89. The molecule has 2 rings (SSSR count). The average molecular weight is 194 g/mol. The van der Waals surface area contributed by atoms with Gasteiger partial charge in [0, 0.05) is 30.5 Å². The predicted octanol–water partition coefficient (Wildman–Crippen LogP) is 2.60. The summed E-state index contributed by atoms with van der Waals surface area (Å²) in [7, 11) is 0. The van der Waals surface area contributed by atoms with Crippen LogP contribution >= 0.6 is 0 Å². The van der Waals surface area contributed by atoms with Crippen molar-refractivity contribution >= 4 is 5.69 Å². The molecule has 0 aromatic carbocycles. The molecule has 3 heteroatoms. The van der Waals surface area contributed by atoms with Crippen molar-refractivity contribution in [2.75, 3.05) is 11.4 Å². The number of aromatic nitrogens is 1. The van der Waals surface area contributed by atoms with Gasteiger partial charge in [-0.15, -0.1) is 0 Å². The topological polar surface area (TPSA) is 16.1 Å². The third kappa shape index (κ3) is 1.72. The Morgan fingerprint density at radius 1 is 1.64 bits per heavy atom. The zero-order chi connectivity index (χ0) is 9.97. The van der Waals surface area contributed by atoms with Crippen LogP contribution in [0.4, 0.5) is 10.1 Å². The van der Waals surface area contributed by atoms with Crippen molar-refractivity contribution < 1.29 is 4.39 Å². The summed E-state index contributed by atoms with van der Waals surface area (Å²) in [6.45, 7) is 3.22. The number of halogens is 1. The van der Waals surface area contributed by atoms with E-state index in [0.717, 1.165) is 18.7 Å². The summed E-state index contributed by atoms with van der Waals surface area (Å²) in [6, 6.07) is 3.99. The number of nitrogens with zero attached hydrogens (tertiary/aromatic N) is 2. The Morgan fingerprint density at radius 2 is 2.50 bits per heavy atom. The van der Waals surface area contributed by atoms with Gasteiger partial charge in [0.05, 0.1) is 0 Å². The highest BCUT2D eigenvalue weighted by Crippen LogP contribution is 2.26. The summed E-state index contributed by atoms with van der Waals surface area (Å²) < 4.78 is 12.9. The lowest BCUT2D eigenvalue weighted by Gasteiger charge is -2.25. The summed E-state index contributed by atoms with van der Waals surface area (Å²) in [5.74, 6) is -0.385. The Bertz CT molecular complexity index is 314. The molecular formula is C11H15FN2. The van der Waals surface area contributed by atoms with Gasteiger partial charge in [-0.2, -0.15) is 4.39 Å². The molecule has 76 valence electrons. The smallest absolute Gasteiger partial charge is 0.214 e. The molecule has 0 saturated carbocycles. The summed E-state index contributed by atoms with van der Waals surface area (Å²) >= 11 is 0. The molecule has 1 aromatic rings. The van der Waals surface area contributed by atoms with E-state index >= 15 is 0 Å². The quantitative estimate of drug-likeness (QED) is 0.673. The summed E-state index contributed by atoms with van der Waals surface area (Å²) in [5.41, 5.74) is 0.974. The first-order valence-corrected chi connectivity index (χ1v) is 5.19. The highest BCUT2D eigenvalue weighted by atomic mass is 19.1. The maximum absolute atomic E-state index is 12.9. The number of pyridine rings is 1. The van der Waals surface area contributed by atoms with E-state index in [2.05, 4.69) is 16.8 Å². The van der Waals surface area contributed by atoms with Gasteiger partial charge >= 0.3 is 0 Å². The minimum Gasteiger partial charge on any atom is -0.368 e. The van der Waals surface area contributed by atoms with E-state index < -0.39 is 0 Å². The van der Waals surface area contributed by atoms with Crippen LogP contribution in [0.5, 0.6) is 0 Å². The molecule has 2 heterocycles. The standard InChI is InChI=1S/C11H15FN2/c1-2-9-4-3-7-14(9)10-5-6-13-11(12)8-10/h5-6,8-9H,2-4,7H2,1H3. The molecule has 0 spiro atoms. The molecule has 0 N–H and O–H groups in total. The average Bonchev–Trinajstić information content (AvgIpc) is 2.65. The van der Waals surface area contributed by atoms with Crippen molar-refractivity contribution in [3.63, 3.8) is 0 Å². The number of hydrogen-bond donors (Lipinski definition) is 0. The zero-order valence-electron chi connectivity index (χ0n) is 8.41. The lowest BCUT2D eigenvalue weighted by Crippen LogP contribution is -2.28. The predicted molar refractivity (Wildman–Crippen MR) is 54.9 cm³/mol. The number of rotatable bonds is 2. The van der Waals surface area contributed by atoms with Gasteiger partial charge < -0.3 is 4.90 Å². The van der Waals surface area contributed by atoms with Gasteiger partial charge in [0.25, 0.3) is 0 Å². The zero-order valence-corrected chi connectivity index (χ0v) is 8.41. The van der Waals surface area contributed by atoms with Crippen molar-refractivity contribution in [2.45, 2.75) is 32.2 Å². The van der Waals surface area contributed by atoms with Crippen LogP contribution in [-0.4, -0.2) is 17.6 Å². The molecule has 0 amide bonds. The molecule has 0 bridgehead atoms. The Balaban J connectivity index is 2.21. The van der Waals surface area contributed by atoms with Crippen molar-refractivity contribution in [2.24, 2.45) is 0 Å². The van der Waals surface area contributed by atoms with E-state index in [9.17, 15) is 4.39 Å². The monoisotopic (exact) mass is 194 g/mol. The molecule has 1 aliphatic rings. The fourth-order valence-corrected chi connectivity index (χ4v) is 2.17. The summed E-state index contributed by atoms with van der Waals surface area (Å²) in [4.78, 5) is 5.85. The van der Waals surface area contributed by atoms with Crippen LogP contribution in [0.3, 0.4) is 0 Å². The van der Waals surface area contributed by atoms with E-state index in [0.29, 0.717) is 6.04 Å². The molecule has 1 fully saturated rings. The molecular weight excluding hydrogens is 179 g/mol. The van der Waals surface area contributed by atoms with E-state index in [-0.39, 0.29) is 5.95 Å². The second-order valence-corrected chi connectivity index (χ2v) is 3.73. The number of anilines is 1. The van der Waals surface area contributed by atoms with Crippen LogP contribution < -0.4 is 4.90 Å². The van der Waals surface area contributed by atoms with Crippen molar-refractivity contribution in [3.05, 3.63) is 24.3 Å². The first-order valence-electron chi connectivity index (χ1n) is 5.19. The minimum absolute atomic E-state index is 0.385. The molecule has 2 nitrogen and oxygen atoms in total. The second-order valence-electron chi connectivity index (χ2n) is 3.73. The second kappa shape index (κ2) is 3.95. The molecule has 1 aromatic heterocycles. The maximum Gasteiger partial charge on any atom is 0.214 e. The van der Waals surface area contributed by atoms with Crippen LogP contribution in [0.25, 0.3) is 0 Å². The number of hydrogen-bond acceptors (Lipinski definition) is 2. The molecule has 1 unspecified atom stereocenters. The van der Waals surface area contributed by atoms with Crippen LogP contribution in [0.2, 0.25) is 0 Å². The lowest BCUT2D eigenvalue weighted by atomic mass is 10.1. The normalized spacial score (nSPS) is 21.6. The first kappa shape index (κ1) is 9.44. The van der Waals surface area contributed by atoms with Crippen LogP contribution in [0.1, 0.15) is 26.2 Å². The lowest BCUT2D eigenvalue weighted by molar-refractivity contribution is 0.580. The fourth-order valence-electron chi connectivity index (χ4n) is 2.17. The molecule has 1 atom stereocenters. The van der Waals surface area contributed by atoms with Gasteiger partial charge in [0.1, 0.15) is 0 Å². The molecule has 14 heavy (non-hydrogen) atoms. The SMILES string of the molecule is CCC1CCCN1c1ccnc(F)c1. The van der Waals surface area contributed by atoms with E-state index in [1.807, 2.05) is 6.07 Å². The Morgan fingerprint density at radius 3 is 3.21 bits per heavy atom. The fraction of sp³-hybridized carbons (Fsp3) is 0.545. The highest BCUT2D eigenvalue weighted by molar-refractivity contribution is 5.47. The first-order chi connectivity index (χ1) is 6.81. The van der Waals surface area contributed by atoms with Crippen LogP contribution in [0, 0.1) is 5.95 Å². The molecule has 1 aliphatic heterocycles. The van der Waals surface area contributed by atoms with Gasteiger partial charge in [0.2, 0.25) is 5.95 Å². The largest absolute Gasteiger partial charge is 0.368 e. The summed E-state index contributed by atoms with van der Waals surface area (Å²) in [5, 5.41) is 0. The van der Waals surface area contributed by atoms with E-state index in [1.165, 1.54) is 25.1 Å². The van der Waals surface area contributed by atoms with Crippen LogP contribution in [-0.2, 0) is 0 Å². The molecule has 0 aliphatic carbocycles. The Hall–Kier alpha value is -1.12. The van der Waals surface area contributed by atoms with Gasteiger partial charge in [-0.25, -0.2) is 4.98 Å². The van der Waals surface area contributed by atoms with Crippen molar-refractivity contribution in [3.8, 4) is 0 Å². The minimum atomic E-state index is -0.385. The van der Waals surface area contributed by atoms with Crippen molar-refractivity contribution in [1.82, 2.24) is 4.98 Å². The Labute approximate surface area is 83.8 Å².